The molecule has 4 rings (SSSR count). The zero-order valence-electron chi connectivity index (χ0n) is 12.6. The van der Waals surface area contributed by atoms with Crippen LogP contribution < -0.4 is 10.7 Å². The molecule has 4 aromatic rings. The van der Waals surface area contributed by atoms with Crippen molar-refractivity contribution in [2.24, 2.45) is 0 Å². The van der Waals surface area contributed by atoms with E-state index >= 15 is 0 Å². The van der Waals surface area contributed by atoms with Crippen molar-refractivity contribution in [2.75, 3.05) is 5.32 Å². The summed E-state index contributed by atoms with van der Waals surface area (Å²) in [7, 11) is 0. The van der Waals surface area contributed by atoms with Crippen molar-refractivity contribution in [3.63, 3.8) is 0 Å². The highest BCUT2D eigenvalue weighted by Crippen LogP contribution is 2.13. The highest BCUT2D eigenvalue weighted by atomic mass is 16.2. The van der Waals surface area contributed by atoms with E-state index in [-0.39, 0.29) is 17.9 Å². The van der Waals surface area contributed by atoms with Crippen molar-refractivity contribution in [3.8, 4) is 0 Å². The normalized spacial score (nSPS) is 11.0. The third kappa shape index (κ3) is 2.52. The lowest BCUT2D eigenvalue weighted by molar-refractivity contribution is -0.116. The zero-order chi connectivity index (χ0) is 16.5. The number of H-pyrrole nitrogens is 1. The minimum Gasteiger partial charge on any atom is -0.324 e. The largest absolute Gasteiger partial charge is 0.324 e. The van der Waals surface area contributed by atoms with Gasteiger partial charge < -0.3 is 4.98 Å². The van der Waals surface area contributed by atoms with Gasteiger partial charge in [0.1, 0.15) is 6.54 Å². The Balaban J connectivity index is 1.60. The van der Waals surface area contributed by atoms with Crippen LogP contribution in [0.4, 0.5) is 5.95 Å². The van der Waals surface area contributed by atoms with E-state index in [2.05, 4.69) is 20.4 Å². The molecular formula is C17H13N5O2. The van der Waals surface area contributed by atoms with Gasteiger partial charge in [-0.25, -0.2) is 4.98 Å². The number of carbonyl (C=O) groups excluding carboxylic acids is 1. The fourth-order valence-electron chi connectivity index (χ4n) is 2.61. The van der Waals surface area contributed by atoms with Crippen LogP contribution in [0.25, 0.3) is 21.9 Å². The Bertz CT molecular complexity index is 1080. The number of nitrogens with one attached hydrogen (secondary N) is 2. The van der Waals surface area contributed by atoms with E-state index in [1.54, 1.807) is 24.3 Å². The lowest BCUT2D eigenvalue weighted by atomic mass is 10.2. The van der Waals surface area contributed by atoms with E-state index < -0.39 is 0 Å². The number of hydrogen-bond donors (Lipinski definition) is 2. The fourth-order valence-corrected chi connectivity index (χ4v) is 2.61. The molecular weight excluding hydrogens is 306 g/mol. The highest BCUT2D eigenvalue weighted by molar-refractivity contribution is 5.91. The zero-order valence-corrected chi connectivity index (χ0v) is 12.6. The standard InChI is InChI=1S/C17H13N5O2/c23-15-9-18-22(14-8-4-1-5-11(14)15)10-16(24)21-17-19-12-6-2-3-7-13(12)20-17/h1-9H,10H2,(H2,19,20,21,24). The molecule has 2 N–H and O–H groups in total. The van der Waals surface area contributed by atoms with Gasteiger partial charge >= 0.3 is 0 Å². The van der Waals surface area contributed by atoms with Crippen LogP contribution in [-0.2, 0) is 11.3 Å². The molecule has 0 spiro atoms. The molecule has 2 heterocycles. The predicted octanol–water partition coefficient (Wildman–Crippen LogP) is 1.91. The van der Waals surface area contributed by atoms with Gasteiger partial charge in [-0.15, -0.1) is 0 Å². The molecule has 0 atom stereocenters. The number of para-hydroxylation sites is 3. The van der Waals surface area contributed by atoms with Gasteiger partial charge in [-0.1, -0.05) is 24.3 Å². The molecule has 118 valence electrons. The molecule has 0 aliphatic heterocycles. The topological polar surface area (TPSA) is 92.7 Å². The smallest absolute Gasteiger partial charge is 0.248 e. The van der Waals surface area contributed by atoms with Crippen molar-refractivity contribution < 1.29 is 4.79 Å². The number of aromatic amines is 1. The average molecular weight is 319 g/mol. The van der Waals surface area contributed by atoms with E-state index in [0.29, 0.717) is 16.9 Å². The molecule has 0 fully saturated rings. The maximum atomic E-state index is 12.3. The molecule has 0 saturated carbocycles. The summed E-state index contributed by atoms with van der Waals surface area (Å²) in [6.07, 6.45) is 1.22. The van der Waals surface area contributed by atoms with E-state index in [1.165, 1.54) is 10.9 Å². The minimum absolute atomic E-state index is 0.0160. The van der Waals surface area contributed by atoms with Gasteiger partial charge in [-0.2, -0.15) is 5.10 Å². The first-order chi connectivity index (χ1) is 11.7. The molecule has 24 heavy (non-hydrogen) atoms. The fraction of sp³-hybridized carbons (Fsp3) is 0.0588. The van der Waals surface area contributed by atoms with Gasteiger partial charge in [0.15, 0.2) is 0 Å². The number of fused-ring (bicyclic) bond motifs is 2. The Morgan fingerprint density at radius 1 is 1.12 bits per heavy atom. The third-order valence-electron chi connectivity index (χ3n) is 3.70. The molecule has 0 radical (unpaired) electrons. The Kier molecular flexibility index (Phi) is 3.31. The van der Waals surface area contributed by atoms with Crippen LogP contribution in [0.2, 0.25) is 0 Å². The number of rotatable bonds is 3. The van der Waals surface area contributed by atoms with E-state index in [9.17, 15) is 9.59 Å². The molecule has 0 aliphatic rings. The summed E-state index contributed by atoms with van der Waals surface area (Å²) >= 11 is 0. The molecule has 0 saturated heterocycles. The van der Waals surface area contributed by atoms with Gasteiger partial charge in [0, 0.05) is 5.39 Å². The van der Waals surface area contributed by atoms with Crippen LogP contribution in [0.15, 0.2) is 59.5 Å². The number of carbonyl (C=O) groups is 1. The van der Waals surface area contributed by atoms with Crippen LogP contribution in [0.5, 0.6) is 0 Å². The van der Waals surface area contributed by atoms with Crippen LogP contribution in [0.1, 0.15) is 0 Å². The Labute approximate surface area is 136 Å². The molecule has 0 unspecified atom stereocenters. The SMILES string of the molecule is O=C(Cn1ncc(=O)c2ccccc21)Nc1nc2ccccc2[nH]1. The molecule has 2 aromatic heterocycles. The third-order valence-corrected chi connectivity index (χ3v) is 3.70. The van der Waals surface area contributed by atoms with Crippen molar-refractivity contribution in [2.45, 2.75) is 6.54 Å². The molecule has 2 aromatic carbocycles. The quantitative estimate of drug-likeness (QED) is 0.603. The van der Waals surface area contributed by atoms with E-state index in [4.69, 9.17) is 0 Å². The monoisotopic (exact) mass is 319 g/mol. The number of hydrogen-bond acceptors (Lipinski definition) is 4. The maximum absolute atomic E-state index is 12.3. The van der Waals surface area contributed by atoms with Crippen molar-refractivity contribution in [1.82, 2.24) is 19.7 Å². The van der Waals surface area contributed by atoms with Crippen LogP contribution >= 0.6 is 0 Å². The van der Waals surface area contributed by atoms with Crippen molar-refractivity contribution in [3.05, 3.63) is 65.0 Å². The predicted molar refractivity (Wildman–Crippen MR) is 90.7 cm³/mol. The first-order valence-corrected chi connectivity index (χ1v) is 7.40. The van der Waals surface area contributed by atoms with Crippen LogP contribution in [-0.4, -0.2) is 25.7 Å². The van der Waals surface area contributed by atoms with Gasteiger partial charge in [0.2, 0.25) is 17.3 Å². The van der Waals surface area contributed by atoms with E-state index in [0.717, 1.165) is 11.0 Å². The van der Waals surface area contributed by atoms with Crippen LogP contribution in [0.3, 0.4) is 0 Å². The van der Waals surface area contributed by atoms with Crippen molar-refractivity contribution in [1.29, 1.82) is 0 Å². The number of aromatic nitrogens is 4. The number of anilines is 1. The minimum atomic E-state index is -0.282. The molecule has 1 amide bonds. The summed E-state index contributed by atoms with van der Waals surface area (Å²) in [6, 6.07) is 14.6. The second-order valence-electron chi connectivity index (χ2n) is 5.33. The lowest BCUT2D eigenvalue weighted by Crippen LogP contribution is -2.22. The Morgan fingerprint density at radius 2 is 1.92 bits per heavy atom. The van der Waals surface area contributed by atoms with Gasteiger partial charge in [-0.3, -0.25) is 19.6 Å². The number of amides is 1. The molecule has 7 nitrogen and oxygen atoms in total. The number of nitrogens with zero attached hydrogens (tertiary/aromatic N) is 3. The summed E-state index contributed by atoms with van der Waals surface area (Å²) in [6.45, 7) is -0.0160. The van der Waals surface area contributed by atoms with Crippen molar-refractivity contribution >= 4 is 33.8 Å². The number of imidazole rings is 1. The maximum Gasteiger partial charge on any atom is 0.248 e. The first-order valence-electron chi connectivity index (χ1n) is 7.40. The van der Waals surface area contributed by atoms with Gasteiger partial charge in [-0.05, 0) is 24.3 Å². The first kappa shape index (κ1) is 14.1. The average Bonchev–Trinajstić information content (AvgIpc) is 3.00. The molecule has 0 aliphatic carbocycles. The second-order valence-corrected chi connectivity index (χ2v) is 5.33. The van der Waals surface area contributed by atoms with Crippen LogP contribution in [0, 0.1) is 0 Å². The second kappa shape index (κ2) is 5.62. The van der Waals surface area contributed by atoms with E-state index in [1.807, 2.05) is 24.3 Å². The Hall–Kier alpha value is -3.48. The summed E-state index contributed by atoms with van der Waals surface area (Å²) in [5, 5.41) is 7.29. The highest BCUT2D eigenvalue weighted by Gasteiger charge is 2.10. The van der Waals surface area contributed by atoms with Gasteiger partial charge in [0.05, 0.1) is 22.7 Å². The summed E-state index contributed by atoms with van der Waals surface area (Å²) in [5.74, 6) is 0.0990. The molecule has 7 heteroatoms. The summed E-state index contributed by atoms with van der Waals surface area (Å²) < 4.78 is 1.49. The van der Waals surface area contributed by atoms with Gasteiger partial charge in [0.25, 0.3) is 0 Å². The summed E-state index contributed by atoms with van der Waals surface area (Å²) in [5.41, 5.74) is 2.07. The lowest BCUT2D eigenvalue weighted by Gasteiger charge is -2.08. The molecule has 0 bridgehead atoms. The summed E-state index contributed by atoms with van der Waals surface area (Å²) in [4.78, 5) is 31.4. The Morgan fingerprint density at radius 3 is 2.79 bits per heavy atom. The number of benzene rings is 2.